The van der Waals surface area contributed by atoms with Crippen LogP contribution < -0.4 is 9.64 Å². The highest BCUT2D eigenvalue weighted by molar-refractivity contribution is 6.18. The number of furan rings is 1. The number of alkyl halides is 1. The van der Waals surface area contributed by atoms with E-state index in [2.05, 4.69) is 20.6 Å². The van der Waals surface area contributed by atoms with Crippen molar-refractivity contribution in [1.29, 1.82) is 0 Å². The van der Waals surface area contributed by atoms with Gasteiger partial charge in [-0.05, 0) is 87.6 Å². The Balaban J connectivity index is 1.19. The topological polar surface area (TPSA) is 78.1 Å². The molecule has 2 unspecified atom stereocenters. The number of nitrogens with zero attached hydrogens (tertiary/aromatic N) is 5. The van der Waals surface area contributed by atoms with Crippen molar-refractivity contribution in [2.24, 2.45) is 5.92 Å². The summed E-state index contributed by atoms with van der Waals surface area (Å²) >= 11 is 0. The fourth-order valence-corrected chi connectivity index (χ4v) is 9.99. The minimum absolute atomic E-state index is 0.0167. The van der Waals surface area contributed by atoms with E-state index in [1.807, 2.05) is 6.07 Å². The maximum atomic E-state index is 17.7. The zero-order chi connectivity index (χ0) is 35.5. The number of likely N-dealkylation sites (tertiary alicyclic amines) is 1. The molecule has 52 heavy (non-hydrogen) atoms. The second-order valence-corrected chi connectivity index (χ2v) is 15.8. The van der Waals surface area contributed by atoms with E-state index in [4.69, 9.17) is 25.5 Å². The molecular formula is C41H40F3N5O3. The highest BCUT2D eigenvalue weighted by Gasteiger charge is 2.50. The SMILES string of the molecule is C#Cc1c(F)ccc2cc(O)cc(-c3c(F)c4nc(OC[C@@]56CCCN5C[C@H](F)C6)nc(N5C6CCC5CN(CC5CC5)C6)c4c4cc(C)oc34)c12. The molecule has 0 amide bonds. The summed E-state index contributed by atoms with van der Waals surface area (Å²) < 4.78 is 60.4. The van der Waals surface area contributed by atoms with E-state index in [9.17, 15) is 9.50 Å². The van der Waals surface area contributed by atoms with Gasteiger partial charge in [-0.25, -0.2) is 13.2 Å². The number of terminal acetylenes is 1. The summed E-state index contributed by atoms with van der Waals surface area (Å²) in [5.74, 6) is 2.88. The average molecular weight is 708 g/mol. The van der Waals surface area contributed by atoms with Crippen LogP contribution in [0.25, 0.3) is 43.8 Å². The number of halogens is 3. The molecule has 2 bridgehead atoms. The van der Waals surface area contributed by atoms with E-state index in [-0.39, 0.29) is 63.6 Å². The molecule has 1 saturated carbocycles. The first-order valence-corrected chi connectivity index (χ1v) is 18.6. The second kappa shape index (κ2) is 11.7. The van der Waals surface area contributed by atoms with Crippen molar-refractivity contribution in [2.45, 2.75) is 75.7 Å². The Labute approximate surface area is 299 Å². The van der Waals surface area contributed by atoms with Crippen molar-refractivity contribution in [3.05, 3.63) is 53.3 Å². The Morgan fingerprint density at radius 1 is 1.06 bits per heavy atom. The van der Waals surface area contributed by atoms with Crippen LogP contribution in [0.3, 0.4) is 0 Å². The van der Waals surface area contributed by atoms with E-state index in [0.29, 0.717) is 40.7 Å². The summed E-state index contributed by atoms with van der Waals surface area (Å²) in [5, 5.41) is 12.7. The van der Waals surface area contributed by atoms with E-state index >= 15 is 8.78 Å². The Kier molecular flexibility index (Phi) is 7.26. The molecule has 5 fully saturated rings. The van der Waals surface area contributed by atoms with Crippen molar-refractivity contribution >= 4 is 38.5 Å². The van der Waals surface area contributed by atoms with Crippen LogP contribution in [0.1, 0.15) is 56.3 Å². The van der Waals surface area contributed by atoms with Gasteiger partial charge in [-0.15, -0.1) is 6.42 Å². The summed E-state index contributed by atoms with van der Waals surface area (Å²) in [6.07, 6.45) is 11.6. The highest BCUT2D eigenvalue weighted by atomic mass is 19.1. The van der Waals surface area contributed by atoms with Crippen LogP contribution in [-0.4, -0.2) is 88.0 Å². The number of aromatic nitrogens is 2. The molecule has 11 heteroatoms. The number of fused-ring (bicyclic) bond motifs is 7. The second-order valence-electron chi connectivity index (χ2n) is 15.8. The van der Waals surface area contributed by atoms with Crippen molar-refractivity contribution in [3.63, 3.8) is 0 Å². The number of aryl methyl sites for hydroxylation is 1. The Hall–Kier alpha value is -4.53. The summed E-state index contributed by atoms with van der Waals surface area (Å²) in [7, 11) is 0. The van der Waals surface area contributed by atoms with E-state index in [0.717, 1.165) is 57.8 Å². The number of ether oxygens (including phenoxy) is 1. The van der Waals surface area contributed by atoms with Crippen LogP contribution in [-0.2, 0) is 0 Å². The molecule has 5 aromatic rings. The standard InChI is InChI=1S/C41H40F3N5O3/c1-3-29-32(43)10-7-24-14-28(50)15-30(33(24)29)34-36(44)37-35(31-13-22(2)52-38(31)34)39(49-26-8-9-27(49)20-47(19-26)17-23-5-6-23)46-40(45-37)51-21-41-11-4-12-48(41)18-25(42)16-41/h1,7,10,13-15,23,25-27,50H,4-6,8-9,11-12,16-21H2,2H3/t25-,26?,27?,41+/m1/s1. The minimum Gasteiger partial charge on any atom is -0.508 e. The van der Waals surface area contributed by atoms with Crippen molar-refractivity contribution in [3.8, 4) is 35.2 Å². The first-order chi connectivity index (χ1) is 25.2. The number of piperazine rings is 1. The molecular weight excluding hydrogens is 667 g/mol. The third-order valence-corrected chi connectivity index (χ3v) is 12.4. The first kappa shape index (κ1) is 32.1. The molecule has 268 valence electrons. The molecule has 1 aliphatic carbocycles. The van der Waals surface area contributed by atoms with Gasteiger partial charge < -0.3 is 19.2 Å². The third kappa shape index (κ3) is 4.97. The maximum absolute atomic E-state index is 17.7. The van der Waals surface area contributed by atoms with Crippen LogP contribution in [0.15, 0.2) is 34.7 Å². The molecule has 10 rings (SSSR count). The van der Waals surface area contributed by atoms with Crippen molar-refractivity contribution in [2.75, 3.05) is 44.2 Å². The van der Waals surface area contributed by atoms with E-state index in [1.165, 1.54) is 37.1 Å². The number of aromatic hydroxyl groups is 1. The molecule has 3 aromatic carbocycles. The lowest BCUT2D eigenvalue weighted by Crippen LogP contribution is -2.54. The number of benzene rings is 3. The smallest absolute Gasteiger partial charge is 0.319 e. The third-order valence-electron chi connectivity index (χ3n) is 12.4. The van der Waals surface area contributed by atoms with Gasteiger partial charge in [0, 0.05) is 61.0 Å². The van der Waals surface area contributed by atoms with Gasteiger partial charge in [-0.1, -0.05) is 12.0 Å². The van der Waals surface area contributed by atoms with Crippen molar-refractivity contribution < 1.29 is 27.4 Å². The Bertz CT molecular complexity index is 2320. The van der Waals surface area contributed by atoms with Gasteiger partial charge in [-0.2, -0.15) is 9.97 Å². The van der Waals surface area contributed by atoms with Gasteiger partial charge in [0.05, 0.1) is 22.1 Å². The molecule has 4 aliphatic heterocycles. The average Bonchev–Trinajstić information content (AvgIpc) is 3.45. The predicted molar refractivity (Wildman–Crippen MR) is 194 cm³/mol. The Morgan fingerprint density at radius 2 is 1.87 bits per heavy atom. The fraction of sp³-hybridized carbons (Fsp3) is 0.463. The summed E-state index contributed by atoms with van der Waals surface area (Å²) in [4.78, 5) is 17.0. The number of anilines is 1. The zero-order valence-electron chi connectivity index (χ0n) is 29.1. The van der Waals surface area contributed by atoms with Gasteiger partial charge in [-0.3, -0.25) is 9.80 Å². The number of phenols is 1. The molecule has 4 saturated heterocycles. The minimum atomic E-state index is -0.924. The van der Waals surface area contributed by atoms with Gasteiger partial charge in [0.1, 0.15) is 47.0 Å². The lowest BCUT2D eigenvalue weighted by molar-refractivity contribution is 0.107. The molecule has 4 atom stereocenters. The monoisotopic (exact) mass is 707 g/mol. The number of rotatable bonds is 7. The largest absolute Gasteiger partial charge is 0.508 e. The molecule has 5 aliphatic rings. The van der Waals surface area contributed by atoms with Crippen LogP contribution in [0, 0.1) is 36.8 Å². The highest BCUT2D eigenvalue weighted by Crippen LogP contribution is 2.48. The summed E-state index contributed by atoms with van der Waals surface area (Å²) in [6.45, 7) is 6.10. The maximum Gasteiger partial charge on any atom is 0.319 e. The number of hydrogen-bond acceptors (Lipinski definition) is 8. The first-order valence-electron chi connectivity index (χ1n) is 18.6. The molecule has 2 aromatic heterocycles. The molecule has 0 radical (unpaired) electrons. The molecule has 6 heterocycles. The van der Waals surface area contributed by atoms with Gasteiger partial charge in [0.25, 0.3) is 0 Å². The van der Waals surface area contributed by atoms with Gasteiger partial charge >= 0.3 is 6.01 Å². The Morgan fingerprint density at radius 3 is 2.63 bits per heavy atom. The van der Waals surface area contributed by atoms with Gasteiger partial charge in [0.15, 0.2) is 5.82 Å². The van der Waals surface area contributed by atoms with Crippen LogP contribution in [0.4, 0.5) is 19.0 Å². The lowest BCUT2D eigenvalue weighted by atomic mass is 9.91. The normalized spacial score (nSPS) is 26.2. The quantitative estimate of drug-likeness (QED) is 0.175. The number of phenolic OH excluding ortho intramolecular Hbond substituents is 1. The molecule has 8 nitrogen and oxygen atoms in total. The summed E-state index contributed by atoms with van der Waals surface area (Å²) in [6, 6.07) is 7.88. The molecule has 1 N–H and O–H groups in total. The predicted octanol–water partition coefficient (Wildman–Crippen LogP) is 7.49. The molecule has 0 spiro atoms. The van der Waals surface area contributed by atoms with Crippen LogP contribution >= 0.6 is 0 Å². The van der Waals surface area contributed by atoms with Crippen molar-refractivity contribution in [1.82, 2.24) is 19.8 Å². The van der Waals surface area contributed by atoms with Gasteiger partial charge in [0.2, 0.25) is 0 Å². The van der Waals surface area contributed by atoms with E-state index in [1.54, 1.807) is 6.92 Å². The lowest BCUT2D eigenvalue weighted by Gasteiger charge is -2.42. The zero-order valence-corrected chi connectivity index (χ0v) is 29.1. The van der Waals surface area contributed by atoms with E-state index < -0.39 is 23.3 Å². The van der Waals surface area contributed by atoms with Crippen LogP contribution in [0.2, 0.25) is 0 Å². The summed E-state index contributed by atoms with van der Waals surface area (Å²) in [5.41, 5.74) is -0.00795. The fourth-order valence-electron chi connectivity index (χ4n) is 9.99. The van der Waals surface area contributed by atoms with Crippen LogP contribution in [0.5, 0.6) is 11.8 Å². The number of hydrogen-bond donors (Lipinski definition) is 1.